The highest BCUT2D eigenvalue weighted by Crippen LogP contribution is 2.35. The van der Waals surface area contributed by atoms with Crippen molar-refractivity contribution in [3.05, 3.63) is 155 Å². The van der Waals surface area contributed by atoms with Crippen molar-refractivity contribution in [2.24, 2.45) is 0 Å². The molecule has 40 heavy (non-hydrogen) atoms. The van der Waals surface area contributed by atoms with Gasteiger partial charge in [-0.1, -0.05) is 118 Å². The lowest BCUT2D eigenvalue weighted by Gasteiger charge is -2.25. The van der Waals surface area contributed by atoms with Crippen LogP contribution in [0.25, 0.3) is 11.1 Å². The van der Waals surface area contributed by atoms with Gasteiger partial charge in [-0.25, -0.2) is 0 Å². The zero-order valence-corrected chi connectivity index (χ0v) is 23.8. The summed E-state index contributed by atoms with van der Waals surface area (Å²) in [6.07, 6.45) is 2.05. The van der Waals surface area contributed by atoms with Crippen LogP contribution < -0.4 is 4.90 Å². The van der Waals surface area contributed by atoms with Gasteiger partial charge in [-0.2, -0.15) is 0 Å². The van der Waals surface area contributed by atoms with Crippen LogP contribution in [0.1, 0.15) is 38.3 Å². The van der Waals surface area contributed by atoms with Gasteiger partial charge in [0.05, 0.1) is 4.92 Å². The summed E-state index contributed by atoms with van der Waals surface area (Å²) in [5.74, 6) is 0. The number of nitrogens with zero attached hydrogens (tertiary/aromatic N) is 2. The van der Waals surface area contributed by atoms with Gasteiger partial charge in [0.25, 0.3) is 5.69 Å². The number of hydrogen-bond acceptors (Lipinski definition) is 3. The Labute approximate surface area is 238 Å². The van der Waals surface area contributed by atoms with E-state index in [9.17, 15) is 10.1 Å². The molecule has 204 valence electrons. The van der Waals surface area contributed by atoms with Crippen molar-refractivity contribution in [3.63, 3.8) is 0 Å². The Morgan fingerprint density at radius 2 is 1.05 bits per heavy atom. The van der Waals surface area contributed by atoms with E-state index in [1.165, 1.54) is 16.7 Å². The van der Waals surface area contributed by atoms with Crippen molar-refractivity contribution in [2.45, 2.75) is 40.5 Å². The van der Waals surface area contributed by atoms with Gasteiger partial charge in [0.2, 0.25) is 0 Å². The number of non-ortho nitro benzene ring substituents is 1. The molecule has 5 aromatic rings. The van der Waals surface area contributed by atoms with Gasteiger partial charge in [0.1, 0.15) is 0 Å². The highest BCUT2D eigenvalue weighted by molar-refractivity contribution is 5.78. The van der Waals surface area contributed by atoms with Crippen LogP contribution in [0.3, 0.4) is 0 Å². The van der Waals surface area contributed by atoms with Crippen molar-refractivity contribution in [1.82, 2.24) is 0 Å². The molecule has 5 aromatic carbocycles. The average molecular weight is 531 g/mol. The van der Waals surface area contributed by atoms with Crippen molar-refractivity contribution in [1.29, 1.82) is 0 Å². The summed E-state index contributed by atoms with van der Waals surface area (Å²) < 4.78 is 0. The molecule has 0 saturated heterocycles. The molecule has 0 N–H and O–H groups in total. The number of para-hydroxylation sites is 1. The van der Waals surface area contributed by atoms with E-state index in [-0.39, 0.29) is 10.6 Å². The molecular weight excluding hydrogens is 492 g/mol. The molecule has 0 aromatic heterocycles. The quantitative estimate of drug-likeness (QED) is 0.155. The fourth-order valence-corrected chi connectivity index (χ4v) is 4.22. The minimum atomic E-state index is -0.379. The Morgan fingerprint density at radius 3 is 1.55 bits per heavy atom. The summed E-state index contributed by atoms with van der Waals surface area (Å²) >= 11 is 0. The first-order valence-corrected chi connectivity index (χ1v) is 13.9. The largest absolute Gasteiger partial charge is 0.311 e. The molecule has 5 rings (SSSR count). The molecular formula is C36H38N2O2. The van der Waals surface area contributed by atoms with Crippen LogP contribution >= 0.6 is 0 Å². The zero-order chi connectivity index (χ0) is 28.7. The van der Waals surface area contributed by atoms with E-state index in [1.54, 1.807) is 12.1 Å². The van der Waals surface area contributed by atoms with Gasteiger partial charge >= 0.3 is 0 Å². The fourth-order valence-electron chi connectivity index (χ4n) is 4.22. The third-order valence-electron chi connectivity index (χ3n) is 6.23. The summed E-state index contributed by atoms with van der Waals surface area (Å²) in [6.45, 7) is 8.20. The molecule has 0 unspecified atom stereocenters. The van der Waals surface area contributed by atoms with Crippen molar-refractivity contribution >= 4 is 22.7 Å². The summed E-state index contributed by atoms with van der Waals surface area (Å²) in [6, 6.07) is 45.1. The second-order valence-electron chi connectivity index (χ2n) is 9.09. The smallest absolute Gasteiger partial charge is 0.269 e. The fraction of sp³-hybridized carbons (Fsp3) is 0.167. The maximum absolute atomic E-state index is 10.3. The molecule has 0 aliphatic rings. The normalized spacial score (nSPS) is 9.90. The van der Waals surface area contributed by atoms with E-state index in [0.717, 1.165) is 35.5 Å². The second kappa shape index (κ2) is 15.6. The van der Waals surface area contributed by atoms with Crippen molar-refractivity contribution in [3.8, 4) is 11.1 Å². The topological polar surface area (TPSA) is 46.4 Å². The van der Waals surface area contributed by atoms with Crippen LogP contribution in [0.15, 0.2) is 133 Å². The van der Waals surface area contributed by atoms with Gasteiger partial charge in [0, 0.05) is 29.2 Å². The number of nitro groups is 1. The standard InChI is InChI=1S/C25H21N.C9H11NO2.C2H6/c1-20-12-16-24(17-13-20)26(23-10-6-3-7-11-23)25-18-14-22(15-19-25)21-8-4-2-5-9-21;1-2-3-8-4-6-9(7-5-8)10(11)12;1-2/h2-19H,1H3;4-7H,2-3H2,1H3;1-2H3. The van der Waals surface area contributed by atoms with E-state index in [4.69, 9.17) is 0 Å². The van der Waals surface area contributed by atoms with E-state index >= 15 is 0 Å². The third-order valence-corrected chi connectivity index (χ3v) is 6.23. The van der Waals surface area contributed by atoms with E-state index < -0.39 is 0 Å². The summed E-state index contributed by atoms with van der Waals surface area (Å²) in [7, 11) is 0. The Bertz CT molecular complexity index is 1420. The maximum Gasteiger partial charge on any atom is 0.269 e. The predicted octanol–water partition coefficient (Wildman–Crippen LogP) is 10.7. The maximum atomic E-state index is 10.3. The lowest BCUT2D eigenvalue weighted by molar-refractivity contribution is -0.384. The number of nitro benzene ring substituents is 1. The van der Waals surface area contributed by atoms with Crippen LogP contribution in [0, 0.1) is 17.0 Å². The molecule has 0 bridgehead atoms. The van der Waals surface area contributed by atoms with Crippen LogP contribution in [-0.2, 0) is 6.42 Å². The highest BCUT2D eigenvalue weighted by atomic mass is 16.6. The first-order valence-electron chi connectivity index (χ1n) is 13.9. The predicted molar refractivity (Wildman–Crippen MR) is 170 cm³/mol. The number of rotatable bonds is 7. The van der Waals surface area contributed by atoms with Crippen LogP contribution in [0.5, 0.6) is 0 Å². The van der Waals surface area contributed by atoms with E-state index in [0.29, 0.717) is 0 Å². The zero-order valence-electron chi connectivity index (χ0n) is 23.8. The lowest BCUT2D eigenvalue weighted by atomic mass is 10.0. The molecule has 0 fully saturated rings. The van der Waals surface area contributed by atoms with Crippen LogP contribution in [0.2, 0.25) is 0 Å². The Kier molecular flexibility index (Phi) is 11.7. The SMILES string of the molecule is CC.CCCc1ccc([N+](=O)[O-])cc1.Cc1ccc(N(c2ccccc2)c2ccc(-c3ccccc3)cc2)cc1. The molecule has 0 atom stereocenters. The molecule has 4 heteroatoms. The van der Waals surface area contributed by atoms with Gasteiger partial charge in [-0.3, -0.25) is 10.1 Å². The number of benzene rings is 5. The van der Waals surface area contributed by atoms with Crippen LogP contribution in [0.4, 0.5) is 22.7 Å². The minimum absolute atomic E-state index is 0.162. The average Bonchev–Trinajstić information content (AvgIpc) is 3.01. The van der Waals surface area contributed by atoms with Crippen molar-refractivity contribution in [2.75, 3.05) is 4.90 Å². The van der Waals surface area contributed by atoms with Crippen LogP contribution in [-0.4, -0.2) is 4.92 Å². The molecule has 0 heterocycles. The molecule has 0 saturated carbocycles. The molecule has 0 aliphatic heterocycles. The number of hydrogen-bond donors (Lipinski definition) is 0. The molecule has 0 amide bonds. The molecule has 0 spiro atoms. The van der Waals surface area contributed by atoms with Gasteiger partial charge in [-0.15, -0.1) is 0 Å². The van der Waals surface area contributed by atoms with Gasteiger partial charge < -0.3 is 4.90 Å². The summed E-state index contributed by atoms with van der Waals surface area (Å²) in [5.41, 5.74) is 8.52. The Morgan fingerprint density at radius 1 is 0.600 bits per heavy atom. The van der Waals surface area contributed by atoms with E-state index in [2.05, 4.69) is 122 Å². The first kappa shape index (κ1) is 29.9. The Balaban J connectivity index is 0.000000265. The monoisotopic (exact) mass is 530 g/mol. The van der Waals surface area contributed by atoms with Crippen molar-refractivity contribution < 1.29 is 4.92 Å². The minimum Gasteiger partial charge on any atom is -0.311 e. The van der Waals surface area contributed by atoms with E-state index in [1.807, 2.05) is 32.0 Å². The molecule has 0 radical (unpaired) electrons. The highest BCUT2D eigenvalue weighted by Gasteiger charge is 2.12. The molecule has 4 nitrogen and oxygen atoms in total. The molecule has 0 aliphatic carbocycles. The lowest BCUT2D eigenvalue weighted by Crippen LogP contribution is -2.09. The van der Waals surface area contributed by atoms with Gasteiger partial charge in [0.15, 0.2) is 0 Å². The summed E-state index contributed by atoms with van der Waals surface area (Å²) in [5, 5.41) is 10.3. The van der Waals surface area contributed by atoms with Gasteiger partial charge in [-0.05, 0) is 66.4 Å². The Hall–Kier alpha value is -4.70. The number of aryl methyl sites for hydroxylation is 2. The third kappa shape index (κ3) is 8.40. The number of anilines is 3. The second-order valence-corrected chi connectivity index (χ2v) is 9.09. The first-order chi connectivity index (χ1) is 19.5. The summed E-state index contributed by atoms with van der Waals surface area (Å²) in [4.78, 5) is 12.2.